The molecule has 10 aromatic carbocycles. The van der Waals surface area contributed by atoms with Crippen LogP contribution in [-0.4, -0.2) is 18.1 Å². The monoisotopic (exact) mass is 812 g/mol. The average Bonchev–Trinajstić information content (AvgIpc) is 4.15. The number of nitrogens with zero attached hydrogens (tertiary/aromatic N) is 4. The molecule has 64 heavy (non-hydrogen) atoms. The van der Waals surface area contributed by atoms with Crippen LogP contribution in [0.4, 0.5) is 0 Å². The second kappa shape index (κ2) is 12.5. The number of para-hydroxylation sites is 6. The second-order valence-electron chi connectivity index (χ2n) is 17.3. The number of hydrogen-bond donors (Lipinski definition) is 0. The smallest absolute Gasteiger partial charge is 0.0620 e. The molecule has 0 bridgehead atoms. The van der Waals surface area contributed by atoms with Crippen molar-refractivity contribution in [2.24, 2.45) is 0 Å². The molecule has 0 atom stereocenters. The van der Waals surface area contributed by atoms with Gasteiger partial charge in [0.15, 0.2) is 0 Å². The Balaban J connectivity index is 0.865. The van der Waals surface area contributed by atoms with Gasteiger partial charge >= 0.3 is 0 Å². The number of fused-ring (bicyclic) bond motifs is 15. The first-order chi connectivity index (χ1) is 31.8. The molecule has 15 rings (SSSR count). The molecule has 0 aliphatic heterocycles. The van der Waals surface area contributed by atoms with Crippen molar-refractivity contribution < 1.29 is 0 Å². The highest BCUT2D eigenvalue weighted by atomic mass is 15.0. The van der Waals surface area contributed by atoms with Crippen LogP contribution in [0.15, 0.2) is 218 Å². The summed E-state index contributed by atoms with van der Waals surface area (Å²) in [6.07, 6.45) is 0. The zero-order valence-electron chi connectivity index (χ0n) is 34.6. The number of benzene rings is 10. The normalized spacial score (nSPS) is 12.4. The maximum absolute atomic E-state index is 2.47. The van der Waals surface area contributed by atoms with Gasteiger partial charge in [-0.25, -0.2) is 0 Å². The summed E-state index contributed by atoms with van der Waals surface area (Å²) in [4.78, 5) is 0. The molecule has 0 radical (unpaired) electrons. The minimum atomic E-state index is 1.14. The van der Waals surface area contributed by atoms with E-state index >= 15 is 0 Å². The van der Waals surface area contributed by atoms with Crippen LogP contribution in [0.2, 0.25) is 0 Å². The summed E-state index contributed by atoms with van der Waals surface area (Å²) in [5.41, 5.74) is 16.9. The highest BCUT2D eigenvalue weighted by Crippen LogP contribution is 2.42. The second-order valence-corrected chi connectivity index (χ2v) is 17.3. The molecular formula is C60H36N4. The summed E-state index contributed by atoms with van der Waals surface area (Å²) in [6, 6.07) is 80.7. The fraction of sp³-hybridized carbons (Fsp3) is 0. The van der Waals surface area contributed by atoms with Crippen molar-refractivity contribution in [1.82, 2.24) is 18.1 Å². The average molecular weight is 813 g/mol. The molecule has 0 aliphatic carbocycles. The van der Waals surface area contributed by atoms with E-state index in [4.69, 9.17) is 0 Å². The Morgan fingerprint density at radius 1 is 0.203 bits per heavy atom. The van der Waals surface area contributed by atoms with Crippen molar-refractivity contribution in [1.29, 1.82) is 0 Å². The molecule has 0 aliphatic rings. The molecule has 0 fully saturated rings. The SMILES string of the molecule is c1ccc2c(c1)c1ccccc1n2-c1ccc(-n2c3ccccc3c3cc(-c4ccc5c(c4)c4ccccc4n5-c4ccc5c6cccc7c8ccccc8n(c5c4)c76)ccc32)cc1. The zero-order chi connectivity index (χ0) is 41.6. The fourth-order valence-electron chi connectivity index (χ4n) is 11.4. The molecular weight excluding hydrogens is 777 g/mol. The van der Waals surface area contributed by atoms with E-state index in [0.29, 0.717) is 0 Å². The van der Waals surface area contributed by atoms with Crippen LogP contribution in [0.5, 0.6) is 0 Å². The minimum Gasteiger partial charge on any atom is -0.309 e. The Kier molecular flexibility index (Phi) is 6.65. The third kappa shape index (κ3) is 4.46. The highest BCUT2D eigenvalue weighted by molar-refractivity contribution is 6.23. The molecule has 0 spiro atoms. The molecule has 15 aromatic rings. The van der Waals surface area contributed by atoms with Crippen LogP contribution in [0.25, 0.3) is 132 Å². The van der Waals surface area contributed by atoms with Gasteiger partial charge in [-0.2, -0.15) is 0 Å². The molecule has 4 nitrogen and oxygen atoms in total. The molecule has 4 heteroatoms. The zero-order valence-corrected chi connectivity index (χ0v) is 34.6. The number of rotatable bonds is 4. The van der Waals surface area contributed by atoms with Crippen molar-refractivity contribution in [2.75, 3.05) is 0 Å². The van der Waals surface area contributed by atoms with E-state index in [0.717, 1.165) is 17.1 Å². The van der Waals surface area contributed by atoms with Gasteiger partial charge in [0, 0.05) is 70.9 Å². The summed E-state index contributed by atoms with van der Waals surface area (Å²) in [5.74, 6) is 0. The van der Waals surface area contributed by atoms with Crippen LogP contribution < -0.4 is 0 Å². The van der Waals surface area contributed by atoms with Crippen molar-refractivity contribution in [2.45, 2.75) is 0 Å². The molecule has 5 heterocycles. The van der Waals surface area contributed by atoms with E-state index in [1.165, 1.54) is 115 Å². The molecule has 0 N–H and O–H groups in total. The van der Waals surface area contributed by atoms with Crippen molar-refractivity contribution in [3.05, 3.63) is 218 Å². The summed E-state index contributed by atoms with van der Waals surface area (Å²) in [6.45, 7) is 0. The molecule has 5 aromatic heterocycles. The lowest BCUT2D eigenvalue weighted by atomic mass is 10.0. The van der Waals surface area contributed by atoms with Gasteiger partial charge in [0.2, 0.25) is 0 Å². The lowest BCUT2D eigenvalue weighted by Gasteiger charge is -2.12. The van der Waals surface area contributed by atoms with E-state index in [9.17, 15) is 0 Å². The number of hydrogen-bond acceptors (Lipinski definition) is 0. The van der Waals surface area contributed by atoms with Gasteiger partial charge in [0.1, 0.15) is 0 Å². The van der Waals surface area contributed by atoms with E-state index in [-0.39, 0.29) is 0 Å². The molecule has 0 saturated carbocycles. The predicted octanol–water partition coefficient (Wildman–Crippen LogP) is 15.8. The Hall–Kier alpha value is -8.60. The standard InChI is InChI=1S/C60H36N4/c1-6-19-52-42(12-1)43-13-2-7-20-53(43)61(52)39-26-28-40(29-27-39)62-54-21-8-4-15-45(54)50-34-37(24-32-57(50)62)38-25-33-58-51(35-38)46-16-5-9-22-55(46)63(58)41-30-31-47-49-18-11-17-48-44-14-3-10-23-56(44)64(60(48)49)59(47)36-41/h1-36H. The molecule has 296 valence electrons. The van der Waals surface area contributed by atoms with Gasteiger partial charge in [-0.15, -0.1) is 0 Å². The van der Waals surface area contributed by atoms with E-state index < -0.39 is 0 Å². The van der Waals surface area contributed by atoms with Crippen LogP contribution >= 0.6 is 0 Å². The quantitative estimate of drug-likeness (QED) is 0.169. The maximum Gasteiger partial charge on any atom is 0.0620 e. The van der Waals surface area contributed by atoms with Crippen LogP contribution in [-0.2, 0) is 0 Å². The van der Waals surface area contributed by atoms with Gasteiger partial charge in [-0.05, 0) is 102 Å². The number of aromatic nitrogens is 4. The van der Waals surface area contributed by atoms with Crippen LogP contribution in [0, 0.1) is 0 Å². The van der Waals surface area contributed by atoms with E-state index in [1.54, 1.807) is 0 Å². The van der Waals surface area contributed by atoms with Crippen molar-refractivity contribution in [3.8, 4) is 28.2 Å². The Bertz CT molecular complexity index is 4370. The van der Waals surface area contributed by atoms with Crippen LogP contribution in [0.3, 0.4) is 0 Å². The molecule has 0 saturated heterocycles. The molecule has 0 amide bonds. The van der Waals surface area contributed by atoms with Crippen LogP contribution in [0.1, 0.15) is 0 Å². The summed E-state index contributed by atoms with van der Waals surface area (Å²) >= 11 is 0. The van der Waals surface area contributed by atoms with Gasteiger partial charge < -0.3 is 18.1 Å². The first-order valence-corrected chi connectivity index (χ1v) is 22.1. The fourth-order valence-corrected chi connectivity index (χ4v) is 11.4. The summed E-state index contributed by atoms with van der Waals surface area (Å²) in [7, 11) is 0. The Morgan fingerprint density at radius 3 is 1.03 bits per heavy atom. The lowest BCUT2D eigenvalue weighted by Crippen LogP contribution is -1.97. The third-order valence-corrected chi connectivity index (χ3v) is 14.1. The predicted molar refractivity (Wildman–Crippen MR) is 270 cm³/mol. The van der Waals surface area contributed by atoms with Gasteiger partial charge in [-0.3, -0.25) is 0 Å². The van der Waals surface area contributed by atoms with Crippen molar-refractivity contribution >= 4 is 104 Å². The first-order valence-electron chi connectivity index (χ1n) is 22.1. The molecule has 0 unspecified atom stereocenters. The third-order valence-electron chi connectivity index (χ3n) is 14.1. The maximum atomic E-state index is 2.47. The van der Waals surface area contributed by atoms with Gasteiger partial charge in [0.25, 0.3) is 0 Å². The lowest BCUT2D eigenvalue weighted by molar-refractivity contribution is 1.14. The van der Waals surface area contributed by atoms with Gasteiger partial charge in [0.05, 0.1) is 49.7 Å². The van der Waals surface area contributed by atoms with Gasteiger partial charge in [-0.1, -0.05) is 127 Å². The highest BCUT2D eigenvalue weighted by Gasteiger charge is 2.20. The van der Waals surface area contributed by atoms with E-state index in [1.807, 2.05) is 0 Å². The topological polar surface area (TPSA) is 19.2 Å². The largest absolute Gasteiger partial charge is 0.309 e. The minimum absolute atomic E-state index is 1.14. The summed E-state index contributed by atoms with van der Waals surface area (Å²) < 4.78 is 9.72. The van der Waals surface area contributed by atoms with Crippen molar-refractivity contribution in [3.63, 3.8) is 0 Å². The first kappa shape index (κ1) is 34.0. The Morgan fingerprint density at radius 2 is 0.547 bits per heavy atom. The Labute approximate surface area is 366 Å². The summed E-state index contributed by atoms with van der Waals surface area (Å²) in [5, 5.41) is 12.7. The van der Waals surface area contributed by atoms with E-state index in [2.05, 4.69) is 236 Å².